The second-order valence-corrected chi connectivity index (χ2v) is 6.28. The van der Waals surface area contributed by atoms with Crippen molar-refractivity contribution in [2.75, 3.05) is 14.1 Å². The van der Waals surface area contributed by atoms with E-state index in [1.54, 1.807) is 26.2 Å². The Morgan fingerprint density at radius 1 is 1.18 bits per heavy atom. The van der Waals surface area contributed by atoms with Gasteiger partial charge in [0.15, 0.2) is 0 Å². The second-order valence-electron chi connectivity index (χ2n) is 6.28. The predicted molar refractivity (Wildman–Crippen MR) is 84.3 cm³/mol. The molecule has 0 atom stereocenters. The monoisotopic (exact) mass is 304 g/mol. The fraction of sp³-hybridized carbons (Fsp3) is 0.529. The van der Waals surface area contributed by atoms with E-state index in [4.69, 9.17) is 0 Å². The maximum atomic E-state index is 11.9. The molecule has 2 amide bonds. The van der Waals surface area contributed by atoms with Gasteiger partial charge in [-0.3, -0.25) is 9.59 Å². The van der Waals surface area contributed by atoms with E-state index in [1.165, 1.54) is 4.90 Å². The van der Waals surface area contributed by atoms with Crippen molar-refractivity contribution in [2.45, 2.75) is 44.2 Å². The van der Waals surface area contributed by atoms with Gasteiger partial charge in [0.05, 0.1) is 12.0 Å². The van der Waals surface area contributed by atoms with Crippen LogP contribution in [0.2, 0.25) is 0 Å². The van der Waals surface area contributed by atoms with Gasteiger partial charge in [-0.15, -0.1) is 0 Å². The van der Waals surface area contributed by atoms with Crippen molar-refractivity contribution in [3.8, 4) is 0 Å². The number of benzene rings is 1. The minimum atomic E-state index is -0.813. The predicted octanol–water partition coefficient (Wildman–Crippen LogP) is 1.70. The molecule has 1 aromatic rings. The summed E-state index contributed by atoms with van der Waals surface area (Å²) in [5.74, 6) is -0.170. The molecule has 1 fully saturated rings. The zero-order chi connectivity index (χ0) is 16.2. The molecule has 0 spiro atoms. The van der Waals surface area contributed by atoms with Crippen LogP contribution in [0.15, 0.2) is 24.3 Å². The van der Waals surface area contributed by atoms with Gasteiger partial charge in [-0.25, -0.2) is 0 Å². The molecule has 1 aromatic carbocycles. The van der Waals surface area contributed by atoms with Gasteiger partial charge in [0.25, 0.3) is 5.91 Å². The van der Waals surface area contributed by atoms with E-state index in [0.717, 1.165) is 18.4 Å². The Morgan fingerprint density at radius 3 is 2.32 bits per heavy atom. The van der Waals surface area contributed by atoms with Gasteiger partial charge < -0.3 is 15.3 Å². The first-order chi connectivity index (χ1) is 10.4. The molecule has 0 saturated heterocycles. The van der Waals surface area contributed by atoms with Crippen molar-refractivity contribution in [1.82, 2.24) is 10.2 Å². The van der Waals surface area contributed by atoms with Crippen LogP contribution in [-0.2, 0) is 11.3 Å². The fourth-order valence-corrected chi connectivity index (χ4v) is 2.80. The molecule has 0 aromatic heterocycles. The van der Waals surface area contributed by atoms with Gasteiger partial charge in [-0.2, -0.15) is 0 Å². The van der Waals surface area contributed by atoms with E-state index in [2.05, 4.69) is 5.32 Å². The van der Waals surface area contributed by atoms with Gasteiger partial charge in [-0.05, 0) is 30.5 Å². The van der Waals surface area contributed by atoms with Crippen LogP contribution in [0.25, 0.3) is 0 Å². The zero-order valence-electron chi connectivity index (χ0n) is 13.3. The van der Waals surface area contributed by atoms with Crippen molar-refractivity contribution in [3.05, 3.63) is 35.4 Å². The van der Waals surface area contributed by atoms with Crippen molar-refractivity contribution in [1.29, 1.82) is 0 Å². The third kappa shape index (κ3) is 4.31. The number of rotatable bonds is 5. The Balaban J connectivity index is 1.84. The average molecular weight is 304 g/mol. The van der Waals surface area contributed by atoms with Crippen LogP contribution in [-0.4, -0.2) is 41.5 Å². The van der Waals surface area contributed by atoms with Crippen LogP contribution < -0.4 is 5.32 Å². The molecule has 1 aliphatic rings. The van der Waals surface area contributed by atoms with Crippen LogP contribution in [0, 0.1) is 0 Å². The molecular formula is C17H24N2O3. The van der Waals surface area contributed by atoms with E-state index in [-0.39, 0.29) is 18.2 Å². The largest absolute Gasteiger partial charge is 0.389 e. The lowest BCUT2D eigenvalue weighted by Crippen LogP contribution is -2.34. The summed E-state index contributed by atoms with van der Waals surface area (Å²) in [5, 5.41) is 13.0. The molecule has 1 aliphatic carbocycles. The Morgan fingerprint density at radius 2 is 1.77 bits per heavy atom. The lowest BCUT2D eigenvalue weighted by atomic mass is 9.97. The SMILES string of the molecule is CN(C)C(=O)c1ccc(CNC(=O)CC2(O)CCCC2)cc1. The van der Waals surface area contributed by atoms with Gasteiger partial charge in [0.2, 0.25) is 5.91 Å². The molecule has 0 aliphatic heterocycles. The molecule has 0 bridgehead atoms. The smallest absolute Gasteiger partial charge is 0.253 e. The molecule has 120 valence electrons. The summed E-state index contributed by atoms with van der Waals surface area (Å²) in [6.45, 7) is 0.408. The molecule has 2 N–H and O–H groups in total. The Hall–Kier alpha value is -1.88. The molecule has 5 heteroatoms. The highest BCUT2D eigenvalue weighted by molar-refractivity contribution is 5.93. The number of nitrogens with zero attached hydrogens (tertiary/aromatic N) is 1. The van der Waals surface area contributed by atoms with Gasteiger partial charge >= 0.3 is 0 Å². The molecule has 0 radical (unpaired) electrons. The zero-order valence-corrected chi connectivity index (χ0v) is 13.3. The highest BCUT2D eigenvalue weighted by Gasteiger charge is 2.33. The van der Waals surface area contributed by atoms with Crippen LogP contribution >= 0.6 is 0 Å². The van der Waals surface area contributed by atoms with E-state index in [9.17, 15) is 14.7 Å². The number of hydrogen-bond acceptors (Lipinski definition) is 3. The van der Waals surface area contributed by atoms with Crippen molar-refractivity contribution < 1.29 is 14.7 Å². The number of carbonyl (C=O) groups is 2. The molecule has 5 nitrogen and oxygen atoms in total. The molecule has 2 rings (SSSR count). The molecule has 1 saturated carbocycles. The summed E-state index contributed by atoms with van der Waals surface area (Å²) in [6, 6.07) is 7.19. The van der Waals surface area contributed by atoms with Crippen molar-refractivity contribution in [2.24, 2.45) is 0 Å². The van der Waals surface area contributed by atoms with Gasteiger partial charge in [0, 0.05) is 26.2 Å². The first-order valence-electron chi connectivity index (χ1n) is 7.69. The fourth-order valence-electron chi connectivity index (χ4n) is 2.80. The maximum absolute atomic E-state index is 11.9. The second kappa shape index (κ2) is 6.92. The van der Waals surface area contributed by atoms with Crippen LogP contribution in [0.5, 0.6) is 0 Å². The molecule has 0 heterocycles. The van der Waals surface area contributed by atoms with E-state index >= 15 is 0 Å². The standard InChI is InChI=1S/C17H24N2O3/c1-19(2)16(21)14-7-5-13(6-8-14)12-18-15(20)11-17(22)9-3-4-10-17/h5-8,22H,3-4,9-12H2,1-2H3,(H,18,20). The third-order valence-corrected chi connectivity index (χ3v) is 4.12. The lowest BCUT2D eigenvalue weighted by Gasteiger charge is -2.21. The molecule has 22 heavy (non-hydrogen) atoms. The summed E-state index contributed by atoms with van der Waals surface area (Å²) in [6.07, 6.45) is 3.57. The quantitative estimate of drug-likeness (QED) is 0.870. The number of amides is 2. The number of nitrogens with one attached hydrogen (secondary N) is 1. The summed E-state index contributed by atoms with van der Waals surface area (Å²) >= 11 is 0. The number of carbonyl (C=O) groups excluding carboxylic acids is 2. The van der Waals surface area contributed by atoms with E-state index in [1.807, 2.05) is 12.1 Å². The Bertz CT molecular complexity index is 531. The average Bonchev–Trinajstić information content (AvgIpc) is 2.91. The highest BCUT2D eigenvalue weighted by atomic mass is 16.3. The van der Waals surface area contributed by atoms with Crippen molar-refractivity contribution in [3.63, 3.8) is 0 Å². The highest BCUT2D eigenvalue weighted by Crippen LogP contribution is 2.32. The Kier molecular flexibility index (Phi) is 5.19. The first-order valence-corrected chi connectivity index (χ1v) is 7.69. The van der Waals surface area contributed by atoms with Gasteiger partial charge in [0.1, 0.15) is 0 Å². The summed E-state index contributed by atoms with van der Waals surface area (Å²) in [5.41, 5.74) is 0.744. The topological polar surface area (TPSA) is 69.6 Å². The first kappa shape index (κ1) is 16.5. The Labute approximate surface area is 131 Å². The van der Waals surface area contributed by atoms with Crippen LogP contribution in [0.4, 0.5) is 0 Å². The minimum absolute atomic E-state index is 0.0426. The van der Waals surface area contributed by atoms with Crippen LogP contribution in [0.3, 0.4) is 0 Å². The number of aliphatic hydroxyl groups is 1. The molecular weight excluding hydrogens is 280 g/mol. The summed E-state index contributed by atoms with van der Waals surface area (Å²) in [4.78, 5) is 25.2. The third-order valence-electron chi connectivity index (χ3n) is 4.12. The minimum Gasteiger partial charge on any atom is -0.389 e. The lowest BCUT2D eigenvalue weighted by molar-refractivity contribution is -0.126. The van der Waals surface area contributed by atoms with Crippen LogP contribution in [0.1, 0.15) is 48.0 Å². The normalized spacial score (nSPS) is 16.3. The summed E-state index contributed by atoms with van der Waals surface area (Å²) < 4.78 is 0. The summed E-state index contributed by atoms with van der Waals surface area (Å²) in [7, 11) is 3.43. The number of hydrogen-bond donors (Lipinski definition) is 2. The van der Waals surface area contributed by atoms with E-state index in [0.29, 0.717) is 24.9 Å². The van der Waals surface area contributed by atoms with Crippen molar-refractivity contribution >= 4 is 11.8 Å². The molecule has 0 unspecified atom stereocenters. The maximum Gasteiger partial charge on any atom is 0.253 e. The van der Waals surface area contributed by atoms with E-state index < -0.39 is 5.60 Å². The van der Waals surface area contributed by atoms with Gasteiger partial charge in [-0.1, -0.05) is 25.0 Å².